The summed E-state index contributed by atoms with van der Waals surface area (Å²) in [6, 6.07) is 13.3. The first kappa shape index (κ1) is 21.1. The van der Waals surface area contributed by atoms with Gasteiger partial charge in [0.05, 0.1) is 17.1 Å². The number of hydrogen-bond acceptors (Lipinski definition) is 4. The molecular formula is C22H22IrNO3-. The van der Waals surface area contributed by atoms with E-state index in [1.165, 1.54) is 43.7 Å². The van der Waals surface area contributed by atoms with Crippen LogP contribution >= 0.6 is 0 Å². The summed E-state index contributed by atoms with van der Waals surface area (Å²) >= 11 is 0. The van der Waals surface area contributed by atoms with Gasteiger partial charge in [0.2, 0.25) is 0 Å². The van der Waals surface area contributed by atoms with Gasteiger partial charge in [0.15, 0.2) is 5.78 Å². The van der Waals surface area contributed by atoms with Gasteiger partial charge < -0.3 is 14.5 Å². The summed E-state index contributed by atoms with van der Waals surface area (Å²) in [6.45, 7) is 2.85. The Bertz CT molecular complexity index is 941. The molecule has 0 saturated carbocycles. The Morgan fingerprint density at radius 3 is 2.63 bits per heavy atom. The van der Waals surface area contributed by atoms with E-state index in [0.717, 1.165) is 35.4 Å². The van der Waals surface area contributed by atoms with Crippen LogP contribution in [0.1, 0.15) is 38.0 Å². The van der Waals surface area contributed by atoms with Crippen LogP contribution in [0.5, 0.6) is 0 Å². The standard InChI is InChI=1S/C17H14NO.C5H8O2.Ir/c1-2-10-16-12(6-1)13-7-5-8-14(17(13)19-16)15-9-3-4-11-18-15;1-4(6)3-5(2)7;/h3-5,7,9,11H,1-2,6,10H2;3,6H,1-2H3;/q-1;;/b;4-3-;. The third-order valence-corrected chi connectivity index (χ3v) is 4.25. The molecule has 3 aromatic rings. The first-order valence-electron chi connectivity index (χ1n) is 8.80. The van der Waals surface area contributed by atoms with E-state index >= 15 is 0 Å². The molecule has 4 rings (SSSR count). The maximum absolute atomic E-state index is 10.0. The third kappa shape index (κ3) is 5.15. The van der Waals surface area contributed by atoms with Crippen molar-refractivity contribution in [2.24, 2.45) is 0 Å². The fourth-order valence-corrected chi connectivity index (χ4v) is 3.22. The first-order valence-corrected chi connectivity index (χ1v) is 8.80. The molecule has 1 aliphatic rings. The van der Waals surface area contributed by atoms with Crippen LogP contribution in [0.3, 0.4) is 0 Å². The Morgan fingerprint density at radius 1 is 1.22 bits per heavy atom. The van der Waals surface area contributed by atoms with Crippen LogP contribution < -0.4 is 0 Å². The van der Waals surface area contributed by atoms with Gasteiger partial charge in [0, 0.05) is 38.8 Å². The predicted molar refractivity (Wildman–Crippen MR) is 102 cm³/mol. The molecule has 1 aromatic carbocycles. The van der Waals surface area contributed by atoms with E-state index in [1.807, 2.05) is 30.5 Å². The summed E-state index contributed by atoms with van der Waals surface area (Å²) in [5.41, 5.74) is 4.26. The van der Waals surface area contributed by atoms with Crippen LogP contribution in [-0.4, -0.2) is 15.9 Å². The van der Waals surface area contributed by atoms with Crippen LogP contribution in [0.15, 0.2) is 52.8 Å². The maximum Gasteiger partial charge on any atom is 0.155 e. The number of furan rings is 1. The second kappa shape index (κ2) is 9.63. The molecule has 4 nitrogen and oxygen atoms in total. The van der Waals surface area contributed by atoms with E-state index in [2.05, 4.69) is 17.1 Å². The Hall–Kier alpha value is -2.23. The fourth-order valence-electron chi connectivity index (χ4n) is 3.22. The largest absolute Gasteiger partial charge is 0.512 e. The van der Waals surface area contributed by atoms with Crippen molar-refractivity contribution < 1.29 is 34.4 Å². The van der Waals surface area contributed by atoms with E-state index < -0.39 is 0 Å². The number of fused-ring (bicyclic) bond motifs is 3. The molecule has 1 radical (unpaired) electrons. The summed E-state index contributed by atoms with van der Waals surface area (Å²) in [5.74, 6) is 1.10. The van der Waals surface area contributed by atoms with Crippen LogP contribution in [0, 0.1) is 6.07 Å². The quantitative estimate of drug-likeness (QED) is 0.276. The zero-order chi connectivity index (χ0) is 18.5. The molecule has 27 heavy (non-hydrogen) atoms. The SMILES string of the molecule is CC(=O)/C=C(/C)O.[Ir].[c-]1ccc2c3c(oc2c1-c1ccccn1)CCCC3. The Labute approximate surface area is 172 Å². The number of rotatable bonds is 2. The Kier molecular flexibility index (Phi) is 7.52. The molecule has 0 bridgehead atoms. The molecule has 0 fully saturated rings. The average molecular weight is 541 g/mol. The molecule has 5 heteroatoms. The summed E-state index contributed by atoms with van der Waals surface area (Å²) in [6.07, 6.45) is 7.67. The molecule has 2 heterocycles. The average Bonchev–Trinajstić information content (AvgIpc) is 3.00. The van der Waals surface area contributed by atoms with E-state index in [0.29, 0.717) is 0 Å². The van der Waals surface area contributed by atoms with Crippen molar-refractivity contribution in [1.82, 2.24) is 4.98 Å². The smallest absolute Gasteiger partial charge is 0.155 e. The van der Waals surface area contributed by atoms with Crippen molar-refractivity contribution in [2.75, 3.05) is 0 Å². The number of aromatic nitrogens is 1. The predicted octanol–water partition coefficient (Wildman–Crippen LogP) is 5.21. The molecule has 0 amide bonds. The van der Waals surface area contributed by atoms with Gasteiger partial charge in [-0.15, -0.1) is 18.2 Å². The first-order chi connectivity index (χ1) is 12.6. The molecule has 0 saturated heterocycles. The molecule has 0 aliphatic heterocycles. The minimum atomic E-state index is -0.125. The summed E-state index contributed by atoms with van der Waals surface area (Å²) < 4.78 is 6.10. The van der Waals surface area contributed by atoms with Crippen LogP contribution in [0.2, 0.25) is 0 Å². The van der Waals surface area contributed by atoms with Crippen molar-refractivity contribution in [1.29, 1.82) is 0 Å². The number of aliphatic hydroxyl groups excluding tert-OH is 1. The van der Waals surface area contributed by atoms with Gasteiger partial charge in [-0.05, 0) is 50.4 Å². The minimum Gasteiger partial charge on any atom is -0.512 e. The molecule has 143 valence electrons. The minimum absolute atomic E-state index is 0. The monoisotopic (exact) mass is 541 g/mol. The van der Waals surface area contributed by atoms with E-state index in [-0.39, 0.29) is 31.6 Å². The molecule has 1 N–H and O–H groups in total. The van der Waals surface area contributed by atoms with E-state index in [9.17, 15) is 4.79 Å². The number of allylic oxidation sites excluding steroid dienone is 2. The second-order valence-electron chi connectivity index (χ2n) is 6.42. The molecule has 0 unspecified atom stereocenters. The van der Waals surface area contributed by atoms with E-state index in [4.69, 9.17) is 9.52 Å². The van der Waals surface area contributed by atoms with Crippen molar-refractivity contribution in [3.63, 3.8) is 0 Å². The molecule has 0 spiro atoms. The van der Waals surface area contributed by atoms with Gasteiger partial charge in [-0.3, -0.25) is 4.79 Å². The number of aryl methyl sites for hydroxylation is 2. The Morgan fingerprint density at radius 2 is 2.00 bits per heavy atom. The van der Waals surface area contributed by atoms with Crippen molar-refractivity contribution in [3.05, 3.63) is 65.8 Å². The number of pyridine rings is 1. The molecule has 2 aromatic heterocycles. The number of nitrogens with zero attached hydrogens (tertiary/aromatic N) is 1. The van der Waals surface area contributed by atoms with Crippen molar-refractivity contribution in [2.45, 2.75) is 39.5 Å². The topological polar surface area (TPSA) is 63.3 Å². The number of ketones is 1. The maximum atomic E-state index is 10.0. The number of carbonyl (C=O) groups excluding carboxylic acids is 1. The normalized spacial score (nSPS) is 13.2. The van der Waals surface area contributed by atoms with Gasteiger partial charge in [0.1, 0.15) is 0 Å². The fraction of sp³-hybridized carbons (Fsp3) is 0.273. The number of aliphatic hydroxyl groups is 1. The molecule has 1 aliphatic carbocycles. The summed E-state index contributed by atoms with van der Waals surface area (Å²) in [4.78, 5) is 14.4. The molecule has 0 atom stereocenters. The van der Waals surface area contributed by atoms with Crippen molar-refractivity contribution in [3.8, 4) is 11.3 Å². The van der Waals surface area contributed by atoms with E-state index in [1.54, 1.807) is 0 Å². The number of hydrogen-bond donors (Lipinski definition) is 1. The number of carbonyl (C=O) groups is 1. The van der Waals surface area contributed by atoms with Gasteiger partial charge in [-0.2, -0.15) is 0 Å². The van der Waals surface area contributed by atoms with Crippen molar-refractivity contribution >= 4 is 16.8 Å². The zero-order valence-corrected chi connectivity index (χ0v) is 17.8. The summed E-state index contributed by atoms with van der Waals surface area (Å²) in [5, 5.41) is 9.61. The third-order valence-electron chi connectivity index (χ3n) is 4.25. The van der Waals surface area contributed by atoms with Gasteiger partial charge in [-0.25, -0.2) is 0 Å². The van der Waals surface area contributed by atoms with Gasteiger partial charge in [0.25, 0.3) is 0 Å². The zero-order valence-electron chi connectivity index (χ0n) is 15.4. The van der Waals surface area contributed by atoms with Crippen LogP contribution in [0.25, 0.3) is 22.2 Å². The summed E-state index contributed by atoms with van der Waals surface area (Å²) in [7, 11) is 0. The molecular weight excluding hydrogens is 518 g/mol. The number of benzene rings is 1. The van der Waals surface area contributed by atoms with Crippen LogP contribution in [0.4, 0.5) is 0 Å². The van der Waals surface area contributed by atoms with Gasteiger partial charge >= 0.3 is 0 Å². The Balaban J connectivity index is 0.000000285. The van der Waals surface area contributed by atoms with Gasteiger partial charge in [-0.1, -0.05) is 23.1 Å². The second-order valence-corrected chi connectivity index (χ2v) is 6.42. The van der Waals surface area contributed by atoms with Crippen LogP contribution in [-0.2, 0) is 37.7 Å².